The van der Waals surface area contributed by atoms with Crippen LogP contribution >= 0.6 is 12.4 Å². The van der Waals surface area contributed by atoms with Gasteiger partial charge in [-0.2, -0.15) is 0 Å². The number of halogens is 1. The molecule has 0 aliphatic carbocycles. The van der Waals surface area contributed by atoms with Crippen molar-refractivity contribution in [2.75, 3.05) is 18.4 Å². The van der Waals surface area contributed by atoms with Crippen LogP contribution in [0.15, 0.2) is 54.6 Å². The van der Waals surface area contributed by atoms with E-state index in [0.717, 1.165) is 42.7 Å². The second kappa shape index (κ2) is 11.2. The first kappa shape index (κ1) is 21.6. The van der Waals surface area contributed by atoms with Crippen LogP contribution in [-0.4, -0.2) is 23.2 Å². The third kappa shape index (κ3) is 7.45. The van der Waals surface area contributed by atoms with Crippen LogP contribution in [0.5, 0.6) is 0 Å². The van der Waals surface area contributed by atoms with Gasteiger partial charge in [0.25, 0.3) is 0 Å². The highest BCUT2D eigenvalue weighted by Gasteiger charge is 2.15. The Hall–Kier alpha value is -1.69. The minimum Gasteiger partial charge on any atom is -0.326 e. The Labute approximate surface area is 170 Å². The Balaban J connectivity index is 0.00000261. The van der Waals surface area contributed by atoms with Gasteiger partial charge in [-0.05, 0) is 55.1 Å². The van der Waals surface area contributed by atoms with Gasteiger partial charge in [-0.1, -0.05) is 42.5 Å². The molecule has 2 aromatic rings. The summed E-state index contributed by atoms with van der Waals surface area (Å²) >= 11 is 0. The molecule has 0 spiro atoms. The van der Waals surface area contributed by atoms with E-state index in [2.05, 4.69) is 10.6 Å². The molecule has 1 aliphatic rings. The van der Waals surface area contributed by atoms with E-state index < -0.39 is 10.8 Å². The van der Waals surface area contributed by atoms with Crippen LogP contribution in [-0.2, 0) is 27.1 Å². The van der Waals surface area contributed by atoms with Gasteiger partial charge in [-0.15, -0.1) is 12.4 Å². The quantitative estimate of drug-likeness (QED) is 0.699. The highest BCUT2D eigenvalue weighted by Crippen LogP contribution is 2.17. The van der Waals surface area contributed by atoms with Gasteiger partial charge in [0.05, 0.1) is 0 Å². The molecule has 1 saturated heterocycles. The van der Waals surface area contributed by atoms with Crippen molar-refractivity contribution in [3.8, 4) is 0 Å². The summed E-state index contributed by atoms with van der Waals surface area (Å²) in [5, 5.41) is 6.30. The van der Waals surface area contributed by atoms with Crippen molar-refractivity contribution in [3.05, 3.63) is 65.7 Å². The number of benzene rings is 2. The Morgan fingerprint density at radius 3 is 2.56 bits per heavy atom. The number of hydrogen-bond donors (Lipinski definition) is 2. The average Bonchev–Trinajstić information content (AvgIpc) is 3.14. The van der Waals surface area contributed by atoms with Crippen LogP contribution in [0.1, 0.15) is 30.4 Å². The molecule has 1 fully saturated rings. The van der Waals surface area contributed by atoms with Crippen LogP contribution in [0.2, 0.25) is 0 Å². The van der Waals surface area contributed by atoms with Crippen molar-refractivity contribution >= 4 is 34.8 Å². The number of hydrogen-bond acceptors (Lipinski definition) is 3. The van der Waals surface area contributed by atoms with E-state index in [1.165, 1.54) is 0 Å². The summed E-state index contributed by atoms with van der Waals surface area (Å²) in [6.07, 6.45) is 2.64. The molecular formula is C21H27ClN2O2S. The molecule has 2 atom stereocenters. The second-order valence-corrected chi connectivity index (χ2v) is 8.32. The average molecular weight is 407 g/mol. The van der Waals surface area contributed by atoms with Gasteiger partial charge in [-0.25, -0.2) is 0 Å². The third-order valence-corrected chi connectivity index (χ3v) is 5.96. The highest BCUT2D eigenvalue weighted by molar-refractivity contribution is 7.83. The fourth-order valence-electron chi connectivity index (χ4n) is 3.26. The van der Waals surface area contributed by atoms with Crippen molar-refractivity contribution in [2.24, 2.45) is 5.92 Å². The number of carbonyl (C=O) groups excluding carboxylic acids is 1. The molecule has 4 nitrogen and oxygen atoms in total. The Morgan fingerprint density at radius 2 is 1.81 bits per heavy atom. The summed E-state index contributed by atoms with van der Waals surface area (Å²) < 4.78 is 12.4. The summed E-state index contributed by atoms with van der Waals surface area (Å²) in [5.74, 6) is 1.71. The molecule has 0 saturated carbocycles. The molecule has 27 heavy (non-hydrogen) atoms. The lowest BCUT2D eigenvalue weighted by Gasteiger charge is -2.10. The van der Waals surface area contributed by atoms with E-state index in [1.54, 1.807) is 0 Å². The normalized spacial score (nSPS) is 17.1. The molecule has 2 N–H and O–H groups in total. The first-order valence-corrected chi connectivity index (χ1v) is 10.7. The maximum Gasteiger partial charge on any atom is 0.224 e. The van der Waals surface area contributed by atoms with Gasteiger partial charge < -0.3 is 10.6 Å². The standard InChI is InChI=1S/C21H26N2O2S.ClH/c24-21(10-9-17-11-12-22-14-17)23-20-8-4-7-19(13-20)16-26(25)15-18-5-2-1-3-6-18;/h1-8,13,17,22H,9-12,14-16H2,(H,23,24);1H. The lowest BCUT2D eigenvalue weighted by Crippen LogP contribution is -2.15. The maximum atomic E-state index is 12.4. The zero-order valence-electron chi connectivity index (χ0n) is 15.4. The van der Waals surface area contributed by atoms with E-state index >= 15 is 0 Å². The minimum absolute atomic E-state index is 0. The molecule has 0 radical (unpaired) electrons. The first-order chi connectivity index (χ1) is 12.7. The summed E-state index contributed by atoms with van der Waals surface area (Å²) in [6, 6.07) is 17.6. The molecule has 2 aromatic carbocycles. The predicted octanol–water partition coefficient (Wildman–Crippen LogP) is 3.89. The van der Waals surface area contributed by atoms with E-state index in [9.17, 15) is 9.00 Å². The zero-order valence-corrected chi connectivity index (χ0v) is 17.0. The summed E-state index contributed by atoms with van der Waals surface area (Å²) in [4.78, 5) is 12.2. The van der Waals surface area contributed by atoms with Crippen molar-refractivity contribution in [3.63, 3.8) is 0 Å². The van der Waals surface area contributed by atoms with Gasteiger partial charge in [0.2, 0.25) is 5.91 Å². The number of nitrogens with one attached hydrogen (secondary N) is 2. The van der Waals surface area contributed by atoms with Gasteiger partial charge in [0.1, 0.15) is 0 Å². The van der Waals surface area contributed by atoms with E-state index in [4.69, 9.17) is 0 Å². The molecule has 0 bridgehead atoms. The maximum absolute atomic E-state index is 12.4. The summed E-state index contributed by atoms with van der Waals surface area (Å²) in [6.45, 7) is 2.09. The van der Waals surface area contributed by atoms with Gasteiger partial charge in [0.15, 0.2) is 0 Å². The van der Waals surface area contributed by atoms with Gasteiger partial charge in [-0.3, -0.25) is 9.00 Å². The van der Waals surface area contributed by atoms with Crippen molar-refractivity contribution in [1.82, 2.24) is 5.32 Å². The molecule has 146 valence electrons. The Kier molecular flexibility index (Phi) is 8.98. The monoisotopic (exact) mass is 406 g/mol. The molecule has 1 aliphatic heterocycles. The molecule has 1 amide bonds. The fraction of sp³-hybridized carbons (Fsp3) is 0.381. The van der Waals surface area contributed by atoms with Crippen molar-refractivity contribution < 1.29 is 9.00 Å². The van der Waals surface area contributed by atoms with E-state index in [-0.39, 0.29) is 18.3 Å². The molecule has 3 rings (SSSR count). The minimum atomic E-state index is -0.968. The smallest absolute Gasteiger partial charge is 0.224 e. The van der Waals surface area contributed by atoms with Crippen LogP contribution in [0.25, 0.3) is 0 Å². The van der Waals surface area contributed by atoms with Crippen LogP contribution < -0.4 is 10.6 Å². The van der Waals surface area contributed by atoms with Crippen LogP contribution in [0.4, 0.5) is 5.69 Å². The Bertz CT molecular complexity index is 749. The Morgan fingerprint density at radius 1 is 1.07 bits per heavy atom. The SMILES string of the molecule is Cl.O=C(CCC1CCNC1)Nc1cccc(CS(=O)Cc2ccccc2)c1. The molecule has 6 heteroatoms. The summed E-state index contributed by atoms with van der Waals surface area (Å²) in [7, 11) is -0.968. The lowest BCUT2D eigenvalue weighted by atomic mass is 10.0. The van der Waals surface area contributed by atoms with E-state index in [1.807, 2.05) is 54.6 Å². The molecule has 1 heterocycles. The van der Waals surface area contributed by atoms with Gasteiger partial charge >= 0.3 is 0 Å². The van der Waals surface area contributed by atoms with Gasteiger partial charge in [0, 0.05) is 34.4 Å². The zero-order chi connectivity index (χ0) is 18.2. The number of carbonyl (C=O) groups is 1. The highest BCUT2D eigenvalue weighted by atomic mass is 35.5. The van der Waals surface area contributed by atoms with Crippen molar-refractivity contribution in [1.29, 1.82) is 0 Å². The largest absolute Gasteiger partial charge is 0.326 e. The number of amides is 1. The van der Waals surface area contributed by atoms with Crippen LogP contribution in [0.3, 0.4) is 0 Å². The molecule has 0 aromatic heterocycles. The fourth-order valence-corrected chi connectivity index (χ4v) is 4.47. The molecular weight excluding hydrogens is 380 g/mol. The molecule has 2 unspecified atom stereocenters. The lowest BCUT2D eigenvalue weighted by molar-refractivity contribution is -0.116. The first-order valence-electron chi connectivity index (χ1n) is 9.17. The van der Waals surface area contributed by atoms with Crippen molar-refractivity contribution in [2.45, 2.75) is 30.8 Å². The number of anilines is 1. The topological polar surface area (TPSA) is 58.2 Å². The second-order valence-electron chi connectivity index (χ2n) is 6.86. The third-order valence-electron chi connectivity index (χ3n) is 4.65. The summed E-state index contributed by atoms with van der Waals surface area (Å²) in [5.41, 5.74) is 2.85. The van der Waals surface area contributed by atoms with E-state index in [0.29, 0.717) is 23.8 Å². The van der Waals surface area contributed by atoms with Crippen LogP contribution in [0, 0.1) is 5.92 Å². The number of rotatable bonds is 8. The predicted molar refractivity (Wildman–Crippen MR) is 115 cm³/mol.